The van der Waals surface area contributed by atoms with Crippen LogP contribution in [0, 0.1) is 10.1 Å². The Morgan fingerprint density at radius 2 is 2.24 bits per heavy atom. The molecule has 86 valence electrons. The van der Waals surface area contributed by atoms with Gasteiger partial charge in [0.1, 0.15) is 0 Å². The summed E-state index contributed by atoms with van der Waals surface area (Å²) < 4.78 is 4.73. The van der Waals surface area contributed by atoms with Gasteiger partial charge in [-0.2, -0.15) is 0 Å². The second kappa shape index (κ2) is 4.17. The Bertz CT molecular complexity index is 560. The van der Waals surface area contributed by atoms with Gasteiger partial charge < -0.3 is 4.74 Å². The van der Waals surface area contributed by atoms with Gasteiger partial charge in [-0.1, -0.05) is 12.1 Å². The van der Waals surface area contributed by atoms with Crippen LogP contribution in [0.4, 0.5) is 5.69 Å². The predicted molar refractivity (Wildman–Crippen MR) is 60.3 cm³/mol. The summed E-state index contributed by atoms with van der Waals surface area (Å²) in [6.07, 6.45) is 1.45. The molecule has 0 bridgehead atoms. The Labute approximate surface area is 96.4 Å². The zero-order chi connectivity index (χ0) is 12.4. The third-order valence-electron chi connectivity index (χ3n) is 2.11. The Morgan fingerprint density at radius 3 is 2.82 bits per heavy atom. The monoisotopic (exact) mass is 232 g/mol. The number of ether oxygens (including phenoxy) is 1. The van der Waals surface area contributed by atoms with Crippen LogP contribution in [-0.4, -0.2) is 16.8 Å². The molecular formula is C11H8N2O4. The molecule has 0 unspecified atom stereocenters. The first kappa shape index (κ1) is 11.0. The number of non-ortho nitro benzene ring substituents is 1. The molecule has 0 fully saturated rings. The van der Waals surface area contributed by atoms with Crippen molar-refractivity contribution in [1.82, 2.24) is 0 Å². The van der Waals surface area contributed by atoms with Crippen molar-refractivity contribution in [3.05, 3.63) is 45.6 Å². The summed E-state index contributed by atoms with van der Waals surface area (Å²) >= 11 is 0. The summed E-state index contributed by atoms with van der Waals surface area (Å²) in [5.41, 5.74) is 0.638. The van der Waals surface area contributed by atoms with Crippen LogP contribution in [0.25, 0.3) is 6.08 Å². The van der Waals surface area contributed by atoms with Crippen LogP contribution in [0.2, 0.25) is 0 Å². The quantitative estimate of drug-likeness (QED) is 0.337. The molecule has 0 aliphatic carbocycles. The summed E-state index contributed by atoms with van der Waals surface area (Å²) in [5.74, 6) is -0.277. The highest BCUT2D eigenvalue weighted by atomic mass is 16.6. The summed E-state index contributed by atoms with van der Waals surface area (Å²) in [7, 11) is 0. The number of nitro groups is 1. The molecule has 0 saturated heterocycles. The number of aliphatic imine (C=N–C) groups is 1. The normalized spacial score (nSPS) is 16.9. The molecule has 0 atom stereocenters. The molecule has 0 spiro atoms. The van der Waals surface area contributed by atoms with Gasteiger partial charge in [0.05, 0.1) is 4.92 Å². The van der Waals surface area contributed by atoms with Gasteiger partial charge in [-0.3, -0.25) is 10.1 Å². The third-order valence-corrected chi connectivity index (χ3v) is 2.11. The van der Waals surface area contributed by atoms with E-state index in [4.69, 9.17) is 4.74 Å². The lowest BCUT2D eigenvalue weighted by molar-refractivity contribution is -0.384. The average Bonchev–Trinajstić information content (AvgIpc) is 2.58. The summed E-state index contributed by atoms with van der Waals surface area (Å²) in [6.45, 7) is 1.56. The predicted octanol–water partition coefficient (Wildman–Crippen LogP) is 1.91. The van der Waals surface area contributed by atoms with E-state index >= 15 is 0 Å². The van der Waals surface area contributed by atoms with E-state index in [1.54, 1.807) is 19.1 Å². The Balaban J connectivity index is 2.36. The minimum atomic E-state index is -0.547. The maximum atomic E-state index is 11.3. The molecule has 1 aliphatic heterocycles. The topological polar surface area (TPSA) is 81.8 Å². The number of carbonyl (C=O) groups is 1. The van der Waals surface area contributed by atoms with Crippen molar-refractivity contribution in [2.24, 2.45) is 4.99 Å². The van der Waals surface area contributed by atoms with Crippen LogP contribution >= 0.6 is 0 Å². The molecule has 6 nitrogen and oxygen atoms in total. The number of nitro benzene ring substituents is 1. The molecule has 1 heterocycles. The second-order valence-electron chi connectivity index (χ2n) is 3.40. The van der Waals surface area contributed by atoms with E-state index in [2.05, 4.69) is 4.99 Å². The fourth-order valence-electron chi connectivity index (χ4n) is 1.40. The molecule has 1 aromatic carbocycles. The van der Waals surface area contributed by atoms with E-state index in [0.29, 0.717) is 5.56 Å². The van der Waals surface area contributed by atoms with Crippen molar-refractivity contribution < 1.29 is 14.5 Å². The van der Waals surface area contributed by atoms with Gasteiger partial charge in [0.25, 0.3) is 5.69 Å². The van der Waals surface area contributed by atoms with Gasteiger partial charge in [0.2, 0.25) is 0 Å². The van der Waals surface area contributed by atoms with Crippen molar-refractivity contribution in [2.75, 3.05) is 0 Å². The molecule has 17 heavy (non-hydrogen) atoms. The number of rotatable bonds is 2. The number of hydrogen-bond donors (Lipinski definition) is 0. The first-order valence-corrected chi connectivity index (χ1v) is 4.80. The number of benzene rings is 1. The van der Waals surface area contributed by atoms with E-state index in [1.165, 1.54) is 18.2 Å². The van der Waals surface area contributed by atoms with Crippen LogP contribution in [0.1, 0.15) is 12.5 Å². The summed E-state index contributed by atoms with van der Waals surface area (Å²) in [5, 5.41) is 10.6. The number of esters is 1. The first-order valence-electron chi connectivity index (χ1n) is 4.80. The molecule has 0 N–H and O–H groups in total. The van der Waals surface area contributed by atoms with Crippen LogP contribution in [0.5, 0.6) is 0 Å². The van der Waals surface area contributed by atoms with Gasteiger partial charge in [-0.15, -0.1) is 0 Å². The van der Waals surface area contributed by atoms with Gasteiger partial charge in [0, 0.05) is 19.1 Å². The van der Waals surface area contributed by atoms with E-state index in [1.807, 2.05) is 0 Å². The lowest BCUT2D eigenvalue weighted by atomic mass is 10.2. The largest absolute Gasteiger partial charge is 0.407 e. The van der Waals surface area contributed by atoms with Gasteiger partial charge in [-0.05, 0) is 11.6 Å². The van der Waals surface area contributed by atoms with E-state index < -0.39 is 10.9 Å². The van der Waals surface area contributed by atoms with Crippen molar-refractivity contribution >= 4 is 23.6 Å². The molecule has 0 aromatic heterocycles. The number of nitrogens with zero attached hydrogens (tertiary/aromatic N) is 2. The Hall–Kier alpha value is -2.50. The average molecular weight is 232 g/mol. The lowest BCUT2D eigenvalue weighted by Gasteiger charge is -1.94. The SMILES string of the molecule is CC1=N/C(=C\c2cccc([N+](=O)[O-])c2)C(=O)O1. The standard InChI is InChI=1S/C11H8N2O4/c1-7-12-10(11(14)17-7)6-8-3-2-4-9(5-8)13(15)16/h2-6H,1H3/b10-6-. The van der Waals surface area contributed by atoms with Crippen LogP contribution in [0.3, 0.4) is 0 Å². The van der Waals surface area contributed by atoms with Gasteiger partial charge in [0.15, 0.2) is 11.6 Å². The Morgan fingerprint density at radius 1 is 1.47 bits per heavy atom. The van der Waals surface area contributed by atoms with Crippen LogP contribution in [0.15, 0.2) is 35.0 Å². The highest BCUT2D eigenvalue weighted by Crippen LogP contribution is 2.18. The smallest absolute Gasteiger partial charge is 0.363 e. The number of carbonyl (C=O) groups excluding carboxylic acids is 1. The van der Waals surface area contributed by atoms with Gasteiger partial charge in [-0.25, -0.2) is 9.79 Å². The molecule has 0 saturated carbocycles. The fourth-order valence-corrected chi connectivity index (χ4v) is 1.40. The van der Waals surface area contributed by atoms with E-state index in [0.717, 1.165) is 0 Å². The van der Waals surface area contributed by atoms with Crippen LogP contribution < -0.4 is 0 Å². The number of cyclic esters (lactones) is 1. The van der Waals surface area contributed by atoms with E-state index in [-0.39, 0.29) is 17.3 Å². The highest BCUT2D eigenvalue weighted by Gasteiger charge is 2.19. The minimum absolute atomic E-state index is 0.0357. The molecule has 6 heteroatoms. The minimum Gasteiger partial charge on any atom is -0.407 e. The van der Waals surface area contributed by atoms with Crippen molar-refractivity contribution in [2.45, 2.75) is 6.92 Å². The second-order valence-corrected chi connectivity index (χ2v) is 3.40. The lowest BCUT2D eigenvalue weighted by Crippen LogP contribution is -1.99. The highest BCUT2D eigenvalue weighted by molar-refractivity contribution is 6.06. The van der Waals surface area contributed by atoms with Crippen molar-refractivity contribution in [3.8, 4) is 0 Å². The molecule has 1 aliphatic rings. The third kappa shape index (κ3) is 2.36. The zero-order valence-corrected chi connectivity index (χ0v) is 8.91. The Kier molecular flexibility index (Phi) is 2.70. The maximum Gasteiger partial charge on any atom is 0.363 e. The maximum absolute atomic E-state index is 11.3. The summed E-state index contributed by atoms with van der Waals surface area (Å²) in [6, 6.07) is 5.94. The molecule has 2 rings (SSSR count). The molecule has 0 radical (unpaired) electrons. The van der Waals surface area contributed by atoms with Crippen molar-refractivity contribution in [3.63, 3.8) is 0 Å². The molecule has 1 aromatic rings. The number of hydrogen-bond acceptors (Lipinski definition) is 5. The van der Waals surface area contributed by atoms with E-state index in [9.17, 15) is 14.9 Å². The molecule has 0 amide bonds. The zero-order valence-electron chi connectivity index (χ0n) is 8.91. The fraction of sp³-hybridized carbons (Fsp3) is 0.0909. The van der Waals surface area contributed by atoms with Crippen molar-refractivity contribution in [1.29, 1.82) is 0 Å². The van der Waals surface area contributed by atoms with Crippen LogP contribution in [-0.2, 0) is 9.53 Å². The molecular weight excluding hydrogens is 224 g/mol. The van der Waals surface area contributed by atoms with Gasteiger partial charge >= 0.3 is 5.97 Å². The summed E-state index contributed by atoms with van der Waals surface area (Å²) in [4.78, 5) is 25.2. The first-order chi connectivity index (χ1) is 8.06.